The first-order valence-electron chi connectivity index (χ1n) is 8.08. The van der Waals surface area contributed by atoms with Gasteiger partial charge in [0.25, 0.3) is 5.91 Å². The Morgan fingerprint density at radius 3 is 2.88 bits per heavy atom. The van der Waals surface area contributed by atoms with E-state index < -0.39 is 0 Å². The van der Waals surface area contributed by atoms with E-state index in [-0.39, 0.29) is 18.0 Å². The molecule has 0 aliphatic carbocycles. The number of nitrogens with one attached hydrogen (secondary N) is 1. The highest BCUT2D eigenvalue weighted by Gasteiger charge is 2.46. The van der Waals surface area contributed by atoms with Crippen molar-refractivity contribution in [2.75, 3.05) is 13.2 Å². The zero-order valence-electron chi connectivity index (χ0n) is 13.3. The molecule has 0 aromatic carbocycles. The molecule has 2 aliphatic rings. The van der Waals surface area contributed by atoms with Gasteiger partial charge in [-0.1, -0.05) is 0 Å². The van der Waals surface area contributed by atoms with Crippen LogP contribution in [0.2, 0.25) is 0 Å². The third-order valence-corrected chi connectivity index (χ3v) is 5.08. The van der Waals surface area contributed by atoms with Gasteiger partial charge in [0.05, 0.1) is 37.2 Å². The summed E-state index contributed by atoms with van der Waals surface area (Å²) in [6.07, 6.45) is 4.60. The van der Waals surface area contributed by atoms with Crippen molar-refractivity contribution in [1.29, 1.82) is 0 Å². The van der Waals surface area contributed by atoms with Gasteiger partial charge in [-0.3, -0.25) is 9.89 Å². The molecule has 2 atom stereocenters. The number of aryl methyl sites for hydroxylation is 1. The van der Waals surface area contributed by atoms with Crippen LogP contribution in [0.4, 0.5) is 0 Å². The average Bonchev–Trinajstić information content (AvgIpc) is 3.24. The van der Waals surface area contributed by atoms with Gasteiger partial charge in [-0.15, -0.1) is 0 Å². The normalized spacial score (nSPS) is 22.6. The number of aromatic nitrogens is 4. The maximum Gasteiger partial charge on any atom is 0.271 e. The molecule has 5 heterocycles. The lowest BCUT2D eigenvalue weighted by molar-refractivity contribution is -0.104. The Balaban J connectivity index is 1.55. The smallest absolute Gasteiger partial charge is 0.271 e. The quantitative estimate of drug-likeness (QED) is 0.777. The van der Waals surface area contributed by atoms with E-state index in [9.17, 15) is 4.79 Å². The van der Waals surface area contributed by atoms with Crippen molar-refractivity contribution < 1.29 is 9.53 Å². The van der Waals surface area contributed by atoms with Gasteiger partial charge in [0.1, 0.15) is 11.3 Å². The van der Waals surface area contributed by atoms with Crippen LogP contribution in [-0.2, 0) is 11.8 Å². The second-order valence-electron chi connectivity index (χ2n) is 6.48. The van der Waals surface area contributed by atoms with Crippen molar-refractivity contribution >= 4 is 16.9 Å². The number of aromatic amines is 1. The van der Waals surface area contributed by atoms with Crippen LogP contribution in [0.1, 0.15) is 16.9 Å². The third-order valence-electron chi connectivity index (χ3n) is 5.08. The van der Waals surface area contributed by atoms with Crippen LogP contribution in [0.25, 0.3) is 22.3 Å². The Labute approximate surface area is 138 Å². The monoisotopic (exact) mass is 323 g/mol. The van der Waals surface area contributed by atoms with E-state index in [2.05, 4.69) is 10.2 Å². The fraction of sp³-hybridized carbons (Fsp3) is 0.353. The SMILES string of the molecule is Cn1c(C(=O)N2C3COCC2C3)cc2ccc(-c3cn[nH]c3)nc21. The van der Waals surface area contributed by atoms with Crippen LogP contribution in [0, 0.1) is 0 Å². The Morgan fingerprint density at radius 1 is 1.33 bits per heavy atom. The summed E-state index contributed by atoms with van der Waals surface area (Å²) in [6, 6.07) is 6.33. The number of amides is 1. The molecule has 2 bridgehead atoms. The van der Waals surface area contributed by atoms with Crippen molar-refractivity contribution in [2.45, 2.75) is 18.5 Å². The Morgan fingerprint density at radius 2 is 2.17 bits per heavy atom. The first-order chi connectivity index (χ1) is 11.7. The van der Waals surface area contributed by atoms with Crippen molar-refractivity contribution in [2.24, 2.45) is 7.05 Å². The predicted molar refractivity (Wildman–Crippen MR) is 87.5 cm³/mol. The molecule has 3 aromatic heterocycles. The van der Waals surface area contributed by atoms with E-state index in [1.807, 2.05) is 40.9 Å². The van der Waals surface area contributed by atoms with E-state index >= 15 is 0 Å². The molecule has 0 saturated carbocycles. The van der Waals surface area contributed by atoms with Gasteiger partial charge in [0, 0.05) is 24.2 Å². The fourth-order valence-corrected chi connectivity index (χ4v) is 3.76. The molecule has 2 unspecified atom stereocenters. The number of hydrogen-bond acceptors (Lipinski definition) is 4. The standard InChI is InChI=1S/C17H17N5O2/c1-21-15(17(23)22-12-5-13(22)9-24-8-12)4-10-2-3-14(20-16(10)21)11-6-18-19-7-11/h2-4,6-7,12-13H,5,8-9H2,1H3,(H,18,19). The average molecular weight is 323 g/mol. The summed E-state index contributed by atoms with van der Waals surface area (Å²) in [6.45, 7) is 1.30. The van der Waals surface area contributed by atoms with Crippen LogP contribution in [0.15, 0.2) is 30.6 Å². The number of pyridine rings is 1. The van der Waals surface area contributed by atoms with E-state index in [0.29, 0.717) is 18.9 Å². The molecule has 2 saturated heterocycles. The fourth-order valence-electron chi connectivity index (χ4n) is 3.76. The number of morpholine rings is 1. The number of hydrogen-bond donors (Lipinski definition) is 1. The van der Waals surface area contributed by atoms with Gasteiger partial charge in [0.2, 0.25) is 0 Å². The van der Waals surface area contributed by atoms with Crippen LogP contribution in [0.5, 0.6) is 0 Å². The van der Waals surface area contributed by atoms with Crippen molar-refractivity contribution in [3.05, 3.63) is 36.3 Å². The number of carbonyl (C=O) groups excluding carboxylic acids is 1. The number of fused-ring (bicyclic) bond motifs is 3. The molecular formula is C17H17N5O2. The van der Waals surface area contributed by atoms with Crippen LogP contribution in [-0.4, -0.2) is 55.9 Å². The van der Waals surface area contributed by atoms with Gasteiger partial charge >= 0.3 is 0 Å². The molecule has 1 N–H and O–H groups in total. The number of H-pyrrole nitrogens is 1. The van der Waals surface area contributed by atoms with E-state index in [0.717, 1.165) is 28.7 Å². The minimum atomic E-state index is 0.0740. The molecule has 24 heavy (non-hydrogen) atoms. The summed E-state index contributed by atoms with van der Waals surface area (Å²) in [4.78, 5) is 19.6. The van der Waals surface area contributed by atoms with Crippen molar-refractivity contribution in [3.8, 4) is 11.3 Å². The van der Waals surface area contributed by atoms with Crippen molar-refractivity contribution in [1.82, 2.24) is 24.6 Å². The van der Waals surface area contributed by atoms with Gasteiger partial charge in [-0.25, -0.2) is 4.98 Å². The first kappa shape index (κ1) is 13.7. The predicted octanol–water partition coefficient (Wildman–Crippen LogP) is 1.58. The van der Waals surface area contributed by atoms with Crippen LogP contribution >= 0.6 is 0 Å². The van der Waals surface area contributed by atoms with Crippen LogP contribution < -0.4 is 0 Å². The topological polar surface area (TPSA) is 76.0 Å². The zero-order chi connectivity index (χ0) is 16.3. The summed E-state index contributed by atoms with van der Waals surface area (Å²) in [7, 11) is 1.90. The van der Waals surface area contributed by atoms with E-state index in [1.165, 1.54) is 0 Å². The number of nitrogens with zero attached hydrogens (tertiary/aromatic N) is 4. The highest BCUT2D eigenvalue weighted by Crippen LogP contribution is 2.33. The molecule has 122 valence electrons. The molecule has 0 spiro atoms. The summed E-state index contributed by atoms with van der Waals surface area (Å²) in [5.74, 6) is 0.0740. The van der Waals surface area contributed by atoms with Crippen molar-refractivity contribution in [3.63, 3.8) is 0 Å². The molecular weight excluding hydrogens is 306 g/mol. The minimum absolute atomic E-state index is 0.0740. The molecule has 2 aliphatic heterocycles. The van der Waals surface area contributed by atoms with E-state index in [4.69, 9.17) is 9.72 Å². The lowest BCUT2D eigenvalue weighted by Crippen LogP contribution is -2.65. The third kappa shape index (κ3) is 1.85. The maximum absolute atomic E-state index is 13.0. The Hall–Kier alpha value is -2.67. The summed E-state index contributed by atoms with van der Waals surface area (Å²) in [5.41, 5.74) is 3.25. The van der Waals surface area contributed by atoms with Gasteiger partial charge in [0.15, 0.2) is 0 Å². The Kier molecular flexibility index (Phi) is 2.81. The van der Waals surface area contributed by atoms with Gasteiger partial charge in [-0.2, -0.15) is 5.10 Å². The first-order valence-corrected chi connectivity index (χ1v) is 8.08. The second-order valence-corrected chi connectivity index (χ2v) is 6.48. The lowest BCUT2D eigenvalue weighted by Gasteiger charge is -2.52. The highest BCUT2D eigenvalue weighted by molar-refractivity contribution is 5.99. The largest absolute Gasteiger partial charge is 0.377 e. The Bertz CT molecular complexity index is 916. The minimum Gasteiger partial charge on any atom is -0.377 e. The number of carbonyl (C=O) groups is 1. The molecule has 7 nitrogen and oxygen atoms in total. The molecule has 7 heteroatoms. The molecule has 2 fully saturated rings. The highest BCUT2D eigenvalue weighted by atomic mass is 16.5. The molecule has 1 amide bonds. The molecule has 5 rings (SSSR count). The summed E-state index contributed by atoms with van der Waals surface area (Å²) >= 11 is 0. The summed E-state index contributed by atoms with van der Waals surface area (Å²) < 4.78 is 7.36. The van der Waals surface area contributed by atoms with Gasteiger partial charge in [-0.05, 0) is 24.6 Å². The van der Waals surface area contributed by atoms with Gasteiger partial charge < -0.3 is 14.2 Å². The zero-order valence-corrected chi connectivity index (χ0v) is 13.3. The molecule has 3 aromatic rings. The molecule has 0 radical (unpaired) electrons. The number of rotatable bonds is 2. The maximum atomic E-state index is 13.0. The van der Waals surface area contributed by atoms with E-state index in [1.54, 1.807) is 6.20 Å². The lowest BCUT2D eigenvalue weighted by atomic mass is 9.91. The second kappa shape index (κ2) is 4.91. The van der Waals surface area contributed by atoms with Crippen LogP contribution in [0.3, 0.4) is 0 Å². The summed E-state index contributed by atoms with van der Waals surface area (Å²) in [5, 5.41) is 7.73. The number of ether oxygens (including phenoxy) is 1.